The van der Waals surface area contributed by atoms with Crippen LogP contribution in [0, 0.1) is 31.1 Å². The molecule has 0 spiro atoms. The second kappa shape index (κ2) is 9.19. The van der Waals surface area contributed by atoms with E-state index in [4.69, 9.17) is 9.26 Å². The minimum atomic E-state index is -4.95. The van der Waals surface area contributed by atoms with E-state index >= 15 is 0 Å². The molecule has 2 aromatic rings. The van der Waals surface area contributed by atoms with Crippen molar-refractivity contribution in [2.24, 2.45) is 5.92 Å². The number of carbonyl (C=O) groups is 1. The fraction of sp³-hybridized carbons (Fsp3) is 0.542. The van der Waals surface area contributed by atoms with E-state index in [-0.39, 0.29) is 25.0 Å². The number of sulfone groups is 1. The average molecular weight is 526 g/mol. The molecule has 0 aliphatic heterocycles. The number of nitriles is 1. The first-order valence-corrected chi connectivity index (χ1v) is 13.1. The summed E-state index contributed by atoms with van der Waals surface area (Å²) in [7, 11) is -4.49. The Balaban J connectivity index is 1.69. The summed E-state index contributed by atoms with van der Waals surface area (Å²) < 4.78 is 80.0. The number of hydrogen-bond acceptors (Lipinski definition) is 7. The highest BCUT2D eigenvalue weighted by Crippen LogP contribution is 2.43. The van der Waals surface area contributed by atoms with Crippen LogP contribution in [0.25, 0.3) is 11.1 Å². The molecule has 4 rings (SSSR count). The summed E-state index contributed by atoms with van der Waals surface area (Å²) in [5.74, 6) is -1.10. The molecule has 2 fully saturated rings. The van der Waals surface area contributed by atoms with Gasteiger partial charge in [-0.15, -0.1) is 0 Å². The Morgan fingerprint density at radius 1 is 1.31 bits per heavy atom. The Kier molecular flexibility index (Phi) is 6.68. The van der Waals surface area contributed by atoms with Crippen molar-refractivity contribution < 1.29 is 35.6 Å². The Morgan fingerprint density at radius 2 is 2.00 bits per heavy atom. The van der Waals surface area contributed by atoms with E-state index in [1.165, 1.54) is 6.07 Å². The van der Waals surface area contributed by atoms with E-state index in [9.17, 15) is 31.6 Å². The van der Waals surface area contributed by atoms with Crippen molar-refractivity contribution >= 4 is 15.7 Å². The minimum Gasteiger partial charge on any atom is -0.378 e. The van der Waals surface area contributed by atoms with Crippen molar-refractivity contribution in [2.75, 3.05) is 6.61 Å². The van der Waals surface area contributed by atoms with E-state index < -0.39 is 55.2 Å². The zero-order chi connectivity index (χ0) is 26.5. The molecule has 194 valence electrons. The molecule has 12 heteroatoms. The van der Waals surface area contributed by atoms with Crippen LogP contribution in [0.5, 0.6) is 0 Å². The highest BCUT2D eigenvalue weighted by Gasteiger charge is 2.51. The number of carbonyl (C=O) groups excluding carboxylic acids is 1. The van der Waals surface area contributed by atoms with Crippen molar-refractivity contribution in [3.8, 4) is 17.2 Å². The fourth-order valence-corrected chi connectivity index (χ4v) is 6.83. The number of ether oxygens (including phenoxy) is 1. The number of alkyl halides is 3. The van der Waals surface area contributed by atoms with Crippen LogP contribution in [-0.4, -0.2) is 43.0 Å². The SMILES string of the molecule is CCOC1CC(S(=O)(=O)c2ccc(-c3c(C)noc3C)cc2C(F)(F)F)C[C@H]1C(=O)NC1(C#N)CC1. The van der Waals surface area contributed by atoms with Gasteiger partial charge in [-0.1, -0.05) is 11.2 Å². The molecule has 2 saturated carbocycles. The van der Waals surface area contributed by atoms with Crippen molar-refractivity contribution in [3.05, 3.63) is 35.2 Å². The number of aryl methyl sites for hydroxylation is 2. The van der Waals surface area contributed by atoms with Crippen LogP contribution in [0.3, 0.4) is 0 Å². The predicted molar refractivity (Wildman–Crippen MR) is 121 cm³/mol. The first kappa shape index (κ1) is 26.2. The number of nitrogens with zero attached hydrogens (tertiary/aromatic N) is 2. The van der Waals surface area contributed by atoms with Gasteiger partial charge in [0.2, 0.25) is 5.91 Å². The van der Waals surface area contributed by atoms with E-state index in [1.807, 2.05) is 6.07 Å². The average Bonchev–Trinajstić information content (AvgIpc) is 3.31. The first-order valence-electron chi connectivity index (χ1n) is 11.6. The van der Waals surface area contributed by atoms with Crippen LogP contribution in [-0.2, 0) is 25.5 Å². The van der Waals surface area contributed by atoms with Crippen molar-refractivity contribution in [1.82, 2.24) is 10.5 Å². The molecule has 2 aliphatic rings. The van der Waals surface area contributed by atoms with E-state index in [0.29, 0.717) is 29.9 Å². The topological polar surface area (TPSA) is 122 Å². The molecule has 1 aromatic heterocycles. The zero-order valence-corrected chi connectivity index (χ0v) is 20.8. The molecule has 3 atom stereocenters. The zero-order valence-electron chi connectivity index (χ0n) is 20.0. The highest BCUT2D eigenvalue weighted by atomic mass is 32.2. The van der Waals surface area contributed by atoms with Crippen LogP contribution in [0.15, 0.2) is 27.6 Å². The van der Waals surface area contributed by atoms with Gasteiger partial charge >= 0.3 is 6.18 Å². The Labute approximate surface area is 206 Å². The molecule has 1 N–H and O–H groups in total. The molecule has 0 saturated heterocycles. The number of rotatable bonds is 7. The normalized spacial score (nSPS) is 23.3. The van der Waals surface area contributed by atoms with E-state index in [1.54, 1.807) is 20.8 Å². The molecule has 2 unspecified atom stereocenters. The minimum absolute atomic E-state index is 0.128. The van der Waals surface area contributed by atoms with Gasteiger partial charge in [0.1, 0.15) is 11.3 Å². The molecule has 1 amide bonds. The number of nitrogens with one attached hydrogen (secondary N) is 1. The van der Waals surface area contributed by atoms with Gasteiger partial charge in [0.25, 0.3) is 0 Å². The summed E-state index contributed by atoms with van der Waals surface area (Å²) in [5.41, 5.74) is -1.36. The lowest BCUT2D eigenvalue weighted by atomic mass is 10.0. The summed E-state index contributed by atoms with van der Waals surface area (Å²) in [5, 5.41) is 14.4. The molecule has 1 aromatic carbocycles. The molecular weight excluding hydrogens is 499 g/mol. The Bertz CT molecular complexity index is 1310. The largest absolute Gasteiger partial charge is 0.417 e. The fourth-order valence-electron chi connectivity index (χ4n) is 4.83. The van der Waals surface area contributed by atoms with Crippen LogP contribution in [0.1, 0.15) is 49.6 Å². The van der Waals surface area contributed by atoms with Gasteiger partial charge in [-0.3, -0.25) is 4.79 Å². The summed E-state index contributed by atoms with van der Waals surface area (Å²) in [6.07, 6.45) is -5.08. The standard InChI is InChI=1S/C24H26F3N3O5S/c1-4-34-19-11-16(10-17(19)22(31)29-23(12-28)7-8-23)36(32,33)20-6-5-15(9-18(20)24(25,26)27)21-13(2)30-35-14(21)3/h5-6,9,16-17,19H,4,7-8,10-11H2,1-3H3,(H,29,31)/t16?,17-,19?/m1/s1. The maximum Gasteiger partial charge on any atom is 0.417 e. The maximum atomic E-state index is 14.1. The van der Waals surface area contributed by atoms with Crippen molar-refractivity contribution in [1.29, 1.82) is 5.26 Å². The quantitative estimate of drug-likeness (QED) is 0.577. The van der Waals surface area contributed by atoms with Gasteiger partial charge in [0, 0.05) is 12.2 Å². The summed E-state index contributed by atoms with van der Waals surface area (Å²) in [6, 6.07) is 5.10. The maximum absolute atomic E-state index is 14.1. The third-order valence-corrected chi connectivity index (χ3v) is 9.09. The van der Waals surface area contributed by atoms with Gasteiger partial charge in [0.15, 0.2) is 9.84 Å². The summed E-state index contributed by atoms with van der Waals surface area (Å²) in [6.45, 7) is 5.02. The summed E-state index contributed by atoms with van der Waals surface area (Å²) in [4.78, 5) is 12.0. The van der Waals surface area contributed by atoms with E-state index in [0.717, 1.165) is 12.1 Å². The van der Waals surface area contributed by atoms with Crippen LogP contribution in [0.4, 0.5) is 13.2 Å². The van der Waals surface area contributed by atoms with Crippen LogP contribution >= 0.6 is 0 Å². The second-order valence-electron chi connectivity index (χ2n) is 9.33. The number of hydrogen-bond donors (Lipinski definition) is 1. The van der Waals surface area contributed by atoms with Gasteiger partial charge < -0.3 is 14.6 Å². The lowest BCUT2D eigenvalue weighted by Gasteiger charge is -2.20. The third-order valence-electron chi connectivity index (χ3n) is 6.86. The Morgan fingerprint density at radius 3 is 2.53 bits per heavy atom. The number of amides is 1. The van der Waals surface area contributed by atoms with E-state index in [2.05, 4.69) is 10.5 Å². The third kappa shape index (κ3) is 4.74. The highest BCUT2D eigenvalue weighted by molar-refractivity contribution is 7.92. The van der Waals surface area contributed by atoms with Crippen molar-refractivity contribution in [3.63, 3.8) is 0 Å². The van der Waals surface area contributed by atoms with Gasteiger partial charge in [-0.2, -0.15) is 18.4 Å². The molecule has 0 radical (unpaired) electrons. The molecule has 1 heterocycles. The lowest BCUT2D eigenvalue weighted by molar-refractivity contribution is -0.139. The predicted octanol–water partition coefficient (Wildman–Crippen LogP) is 4.11. The molecule has 36 heavy (non-hydrogen) atoms. The molecule has 8 nitrogen and oxygen atoms in total. The number of halogens is 3. The van der Waals surface area contributed by atoms with Crippen LogP contribution < -0.4 is 5.32 Å². The molecule has 0 bridgehead atoms. The van der Waals surface area contributed by atoms with Crippen molar-refractivity contribution in [2.45, 2.75) is 74.4 Å². The van der Waals surface area contributed by atoms with Gasteiger partial charge in [-0.05, 0) is 64.2 Å². The second-order valence-corrected chi connectivity index (χ2v) is 11.5. The van der Waals surface area contributed by atoms with Gasteiger partial charge in [0.05, 0.1) is 39.5 Å². The number of aromatic nitrogens is 1. The Hall–Kier alpha value is -2.91. The first-order chi connectivity index (χ1) is 16.8. The number of benzene rings is 1. The molecular formula is C24H26F3N3O5S. The monoisotopic (exact) mass is 525 g/mol. The summed E-state index contributed by atoms with van der Waals surface area (Å²) >= 11 is 0. The van der Waals surface area contributed by atoms with Gasteiger partial charge in [-0.25, -0.2) is 8.42 Å². The smallest absolute Gasteiger partial charge is 0.378 e. The lowest BCUT2D eigenvalue weighted by Crippen LogP contribution is -2.42. The molecule has 2 aliphatic carbocycles. The van der Waals surface area contributed by atoms with Crippen LogP contribution in [0.2, 0.25) is 0 Å².